The van der Waals surface area contributed by atoms with Gasteiger partial charge in [-0.05, 0) is 0 Å². The standard InChI is InChI=1S/C22H35N5O8/c1-2-3-4-18(28)13-23-19(29)14-24-5-7-25(15-20(30)31)9-11-27(17-22(34)35)12-10-26(8-6-24)16-21(32)33/h1H,3-17H2,(H,23,29)(H,30,31)(H,32,33)(H,34,35). The van der Waals surface area contributed by atoms with Crippen LogP contribution in [0, 0.1) is 12.3 Å². The summed E-state index contributed by atoms with van der Waals surface area (Å²) in [4.78, 5) is 64.7. The number of Topliss-reactive ketones (excluding diaryl/α,β-unsaturated/α-hetero) is 1. The summed E-state index contributed by atoms with van der Waals surface area (Å²) < 4.78 is 0. The highest BCUT2D eigenvalue weighted by molar-refractivity contribution is 5.86. The number of nitrogens with one attached hydrogen (secondary N) is 1. The van der Waals surface area contributed by atoms with Gasteiger partial charge in [0.1, 0.15) is 0 Å². The molecule has 196 valence electrons. The first-order valence-electron chi connectivity index (χ1n) is 11.4. The van der Waals surface area contributed by atoms with Crippen molar-refractivity contribution in [2.75, 3.05) is 85.1 Å². The quantitative estimate of drug-likeness (QED) is 0.210. The van der Waals surface area contributed by atoms with Crippen molar-refractivity contribution in [3.8, 4) is 12.3 Å². The van der Waals surface area contributed by atoms with Gasteiger partial charge in [-0.3, -0.25) is 43.6 Å². The van der Waals surface area contributed by atoms with Gasteiger partial charge >= 0.3 is 17.9 Å². The van der Waals surface area contributed by atoms with Gasteiger partial charge in [0.15, 0.2) is 5.78 Å². The Bertz CT molecular complexity index is 752. The van der Waals surface area contributed by atoms with Crippen molar-refractivity contribution in [3.63, 3.8) is 0 Å². The number of carboxylic acids is 3. The minimum absolute atomic E-state index is 0.0462. The van der Waals surface area contributed by atoms with Crippen LogP contribution in [0.5, 0.6) is 0 Å². The van der Waals surface area contributed by atoms with E-state index in [-0.39, 0.29) is 50.8 Å². The van der Waals surface area contributed by atoms with E-state index in [1.807, 2.05) is 0 Å². The minimum Gasteiger partial charge on any atom is -0.480 e. The second-order valence-corrected chi connectivity index (χ2v) is 8.31. The van der Waals surface area contributed by atoms with Gasteiger partial charge in [0.05, 0.1) is 32.7 Å². The van der Waals surface area contributed by atoms with Crippen LogP contribution in [0.25, 0.3) is 0 Å². The number of terminal acetylenes is 1. The van der Waals surface area contributed by atoms with E-state index in [1.165, 1.54) is 0 Å². The molecule has 1 heterocycles. The molecule has 1 saturated heterocycles. The zero-order valence-corrected chi connectivity index (χ0v) is 19.9. The molecule has 1 fully saturated rings. The fourth-order valence-corrected chi connectivity index (χ4v) is 3.54. The fraction of sp³-hybridized carbons (Fsp3) is 0.682. The lowest BCUT2D eigenvalue weighted by Crippen LogP contribution is -2.50. The lowest BCUT2D eigenvalue weighted by atomic mass is 10.2. The van der Waals surface area contributed by atoms with E-state index in [2.05, 4.69) is 11.2 Å². The summed E-state index contributed by atoms with van der Waals surface area (Å²) in [5.41, 5.74) is 0. The molecule has 1 aliphatic rings. The Morgan fingerprint density at radius 1 is 0.657 bits per heavy atom. The van der Waals surface area contributed by atoms with Gasteiger partial charge < -0.3 is 20.6 Å². The maximum absolute atomic E-state index is 12.4. The summed E-state index contributed by atoms with van der Waals surface area (Å²) in [5.74, 6) is -1.27. The van der Waals surface area contributed by atoms with Crippen molar-refractivity contribution in [2.24, 2.45) is 0 Å². The molecule has 0 aromatic rings. The number of hydrogen-bond acceptors (Lipinski definition) is 9. The van der Waals surface area contributed by atoms with Crippen molar-refractivity contribution in [2.45, 2.75) is 12.8 Å². The number of aliphatic carboxylic acids is 3. The van der Waals surface area contributed by atoms with Gasteiger partial charge in [-0.1, -0.05) is 0 Å². The molecule has 0 radical (unpaired) electrons. The molecule has 35 heavy (non-hydrogen) atoms. The molecule has 0 atom stereocenters. The number of carbonyl (C=O) groups excluding carboxylic acids is 2. The first kappa shape index (κ1) is 30.0. The normalized spacial score (nSPS) is 17.5. The van der Waals surface area contributed by atoms with E-state index in [4.69, 9.17) is 6.42 Å². The monoisotopic (exact) mass is 497 g/mol. The van der Waals surface area contributed by atoms with Crippen molar-refractivity contribution < 1.29 is 39.3 Å². The average molecular weight is 498 g/mol. The smallest absolute Gasteiger partial charge is 0.317 e. The van der Waals surface area contributed by atoms with Gasteiger partial charge in [0, 0.05) is 65.2 Å². The Hall–Kier alpha value is -3.05. The zero-order chi connectivity index (χ0) is 26.2. The van der Waals surface area contributed by atoms with Crippen LogP contribution in [0.1, 0.15) is 12.8 Å². The van der Waals surface area contributed by atoms with Crippen LogP contribution in [0.2, 0.25) is 0 Å². The maximum atomic E-state index is 12.4. The van der Waals surface area contributed by atoms with E-state index in [0.29, 0.717) is 58.8 Å². The Kier molecular flexibility index (Phi) is 14.2. The van der Waals surface area contributed by atoms with Gasteiger partial charge in [0.25, 0.3) is 0 Å². The Balaban J connectivity index is 2.87. The van der Waals surface area contributed by atoms with E-state index in [1.54, 1.807) is 19.6 Å². The zero-order valence-electron chi connectivity index (χ0n) is 19.9. The molecule has 4 N–H and O–H groups in total. The largest absolute Gasteiger partial charge is 0.480 e. The number of amides is 1. The highest BCUT2D eigenvalue weighted by Gasteiger charge is 2.21. The number of ketones is 1. The maximum Gasteiger partial charge on any atom is 0.317 e. The SMILES string of the molecule is C#CCCC(=O)CNC(=O)CN1CCN(CC(=O)O)CCN(CC(=O)O)CCN(CC(=O)O)CC1. The lowest BCUT2D eigenvalue weighted by molar-refractivity contribution is -0.140. The van der Waals surface area contributed by atoms with Crippen LogP contribution in [-0.4, -0.2) is 150 Å². The molecular weight excluding hydrogens is 462 g/mol. The van der Waals surface area contributed by atoms with E-state index >= 15 is 0 Å². The van der Waals surface area contributed by atoms with Crippen LogP contribution >= 0.6 is 0 Å². The summed E-state index contributed by atoms with van der Waals surface area (Å²) in [6.45, 7) is 1.53. The first-order chi connectivity index (χ1) is 16.6. The van der Waals surface area contributed by atoms with E-state index < -0.39 is 17.9 Å². The third kappa shape index (κ3) is 14.7. The van der Waals surface area contributed by atoms with Crippen LogP contribution in [0.3, 0.4) is 0 Å². The number of hydrogen-bond donors (Lipinski definition) is 4. The molecule has 0 aromatic carbocycles. The molecule has 0 unspecified atom stereocenters. The number of rotatable bonds is 12. The lowest BCUT2D eigenvalue weighted by Gasteiger charge is -2.32. The van der Waals surface area contributed by atoms with Crippen LogP contribution in [0.4, 0.5) is 0 Å². The minimum atomic E-state index is -1.03. The van der Waals surface area contributed by atoms with E-state index in [9.17, 15) is 39.3 Å². The van der Waals surface area contributed by atoms with Gasteiger partial charge in [-0.25, -0.2) is 0 Å². The van der Waals surface area contributed by atoms with Crippen molar-refractivity contribution >= 4 is 29.6 Å². The average Bonchev–Trinajstić information content (AvgIpc) is 2.76. The number of carbonyl (C=O) groups is 5. The number of nitrogens with zero attached hydrogens (tertiary/aromatic N) is 4. The third-order valence-corrected chi connectivity index (χ3v) is 5.40. The van der Waals surface area contributed by atoms with Crippen molar-refractivity contribution in [3.05, 3.63) is 0 Å². The summed E-state index contributed by atoms with van der Waals surface area (Å²) in [6.07, 6.45) is 5.60. The van der Waals surface area contributed by atoms with Gasteiger partial charge in [0.2, 0.25) is 5.91 Å². The Morgan fingerprint density at radius 2 is 1.00 bits per heavy atom. The predicted molar refractivity (Wildman–Crippen MR) is 125 cm³/mol. The molecule has 0 aliphatic carbocycles. The second kappa shape index (κ2) is 16.6. The van der Waals surface area contributed by atoms with Crippen LogP contribution in [0.15, 0.2) is 0 Å². The third-order valence-electron chi connectivity index (χ3n) is 5.40. The summed E-state index contributed by atoms with van der Waals surface area (Å²) in [7, 11) is 0. The molecule has 0 saturated carbocycles. The molecule has 1 amide bonds. The second-order valence-electron chi connectivity index (χ2n) is 8.31. The molecule has 0 aromatic heterocycles. The van der Waals surface area contributed by atoms with Gasteiger partial charge in [-0.15, -0.1) is 12.3 Å². The first-order valence-corrected chi connectivity index (χ1v) is 11.4. The fourth-order valence-electron chi connectivity index (χ4n) is 3.54. The molecule has 0 spiro atoms. The molecule has 1 rings (SSSR count). The van der Waals surface area contributed by atoms with Crippen LogP contribution in [-0.2, 0) is 24.0 Å². The van der Waals surface area contributed by atoms with Gasteiger partial charge in [-0.2, -0.15) is 0 Å². The Labute approximate surface area is 204 Å². The Morgan fingerprint density at radius 3 is 1.31 bits per heavy atom. The molecular formula is C22H35N5O8. The predicted octanol–water partition coefficient (Wildman–Crippen LogP) is -2.44. The topological polar surface area (TPSA) is 171 Å². The van der Waals surface area contributed by atoms with Crippen molar-refractivity contribution in [1.82, 2.24) is 24.9 Å². The molecule has 1 aliphatic heterocycles. The number of carboxylic acid groups (broad SMARTS) is 3. The molecule has 13 nitrogen and oxygen atoms in total. The highest BCUT2D eigenvalue weighted by Crippen LogP contribution is 2.01. The van der Waals surface area contributed by atoms with E-state index in [0.717, 1.165) is 0 Å². The molecule has 0 bridgehead atoms. The van der Waals surface area contributed by atoms with Crippen molar-refractivity contribution in [1.29, 1.82) is 0 Å². The molecule has 13 heteroatoms. The summed E-state index contributed by atoms with van der Waals surface area (Å²) >= 11 is 0. The summed E-state index contributed by atoms with van der Waals surface area (Å²) in [6, 6.07) is 0. The summed E-state index contributed by atoms with van der Waals surface area (Å²) in [5, 5.41) is 30.2. The van der Waals surface area contributed by atoms with Crippen LogP contribution < -0.4 is 5.32 Å². The highest BCUT2D eigenvalue weighted by atomic mass is 16.4.